The van der Waals surface area contributed by atoms with Gasteiger partial charge in [0.2, 0.25) is 0 Å². The molecule has 2 atom stereocenters. The number of aryl methyl sites for hydroxylation is 1. The molecule has 0 aromatic carbocycles. The Hall–Kier alpha value is -2.00. The van der Waals surface area contributed by atoms with Crippen LogP contribution in [0.5, 0.6) is 0 Å². The summed E-state index contributed by atoms with van der Waals surface area (Å²) in [6.07, 6.45) is 1.37. The van der Waals surface area contributed by atoms with Gasteiger partial charge in [0.25, 0.3) is 11.8 Å². The van der Waals surface area contributed by atoms with E-state index in [0.717, 1.165) is 0 Å². The van der Waals surface area contributed by atoms with Gasteiger partial charge in [-0.2, -0.15) is 5.10 Å². The zero-order valence-corrected chi connectivity index (χ0v) is 14.5. The van der Waals surface area contributed by atoms with E-state index in [1.54, 1.807) is 6.92 Å². The third-order valence-corrected chi connectivity index (χ3v) is 5.66. The lowest BCUT2D eigenvalue weighted by Crippen LogP contribution is -2.70. The summed E-state index contributed by atoms with van der Waals surface area (Å²) < 4.78 is 1.44. The smallest absolute Gasteiger partial charge is 0.352 e. The quantitative estimate of drug-likeness (QED) is 0.764. The van der Waals surface area contributed by atoms with Crippen LogP contribution in [0.1, 0.15) is 24.3 Å². The molecule has 0 spiro atoms. The lowest BCUT2D eigenvalue weighted by atomic mass is 10.0. The average Bonchev–Trinajstić information content (AvgIpc) is 2.92. The number of nitrogens with zero attached hydrogens (tertiary/aromatic N) is 3. The van der Waals surface area contributed by atoms with Gasteiger partial charge in [0.05, 0.1) is 11.2 Å². The number of halogens is 1. The number of carbonyl (C=O) groups excluding carboxylic acids is 2. The van der Waals surface area contributed by atoms with Crippen LogP contribution in [0.4, 0.5) is 0 Å². The fourth-order valence-electron chi connectivity index (χ4n) is 2.81. The number of carbonyl (C=O) groups is 3. The molecule has 0 unspecified atom stereocenters. The SMILES string of the molecule is CCn1ncc(Cl)c1C(=O)N[C@H]1C(=O)N2C(C(=O)O)=C(C)CS[C@H]12. The second-order valence-corrected chi connectivity index (χ2v) is 6.96. The molecular weight excluding hydrogens is 356 g/mol. The number of hydrogen-bond acceptors (Lipinski definition) is 5. The molecule has 128 valence electrons. The number of nitrogens with one attached hydrogen (secondary N) is 1. The Kier molecular flexibility index (Phi) is 4.31. The molecule has 0 saturated carbocycles. The van der Waals surface area contributed by atoms with Crippen LogP contribution in [0.3, 0.4) is 0 Å². The first kappa shape index (κ1) is 16.8. The number of aromatic nitrogens is 2. The maximum Gasteiger partial charge on any atom is 0.352 e. The van der Waals surface area contributed by atoms with Crippen LogP contribution in [0.15, 0.2) is 17.5 Å². The zero-order valence-electron chi connectivity index (χ0n) is 12.9. The molecule has 2 aliphatic rings. The highest BCUT2D eigenvalue weighted by Crippen LogP contribution is 2.40. The minimum absolute atomic E-state index is 0.00545. The number of rotatable bonds is 4. The Balaban J connectivity index is 1.79. The van der Waals surface area contributed by atoms with Gasteiger partial charge in [-0.25, -0.2) is 4.79 Å². The number of thioether (sulfide) groups is 1. The van der Waals surface area contributed by atoms with Gasteiger partial charge in [-0.05, 0) is 19.4 Å². The predicted octanol–water partition coefficient (Wildman–Crippen LogP) is 0.928. The van der Waals surface area contributed by atoms with Crippen molar-refractivity contribution >= 4 is 41.1 Å². The van der Waals surface area contributed by atoms with E-state index in [2.05, 4.69) is 10.4 Å². The van der Waals surface area contributed by atoms with E-state index in [4.69, 9.17) is 11.6 Å². The van der Waals surface area contributed by atoms with Gasteiger partial charge in [-0.1, -0.05) is 11.6 Å². The first-order valence-electron chi connectivity index (χ1n) is 7.26. The summed E-state index contributed by atoms with van der Waals surface area (Å²) in [6, 6.07) is -0.777. The van der Waals surface area contributed by atoms with E-state index in [-0.39, 0.29) is 16.4 Å². The zero-order chi connectivity index (χ0) is 17.6. The van der Waals surface area contributed by atoms with Gasteiger partial charge in [-0.3, -0.25) is 19.2 Å². The summed E-state index contributed by atoms with van der Waals surface area (Å²) in [5.41, 5.74) is 0.830. The van der Waals surface area contributed by atoms with Crippen molar-refractivity contribution in [1.82, 2.24) is 20.0 Å². The summed E-state index contributed by atoms with van der Waals surface area (Å²) in [6.45, 7) is 3.97. The molecule has 1 aromatic rings. The van der Waals surface area contributed by atoms with Crippen LogP contribution in [-0.2, 0) is 16.1 Å². The minimum Gasteiger partial charge on any atom is -0.477 e. The largest absolute Gasteiger partial charge is 0.477 e. The third kappa shape index (κ3) is 2.48. The lowest BCUT2D eigenvalue weighted by molar-refractivity contribution is -0.148. The molecule has 3 rings (SSSR count). The van der Waals surface area contributed by atoms with E-state index < -0.39 is 29.2 Å². The molecule has 0 radical (unpaired) electrons. The molecular formula is C14H15ClN4O4S. The van der Waals surface area contributed by atoms with Crippen molar-refractivity contribution in [1.29, 1.82) is 0 Å². The van der Waals surface area contributed by atoms with Gasteiger partial charge < -0.3 is 10.4 Å². The van der Waals surface area contributed by atoms with E-state index >= 15 is 0 Å². The van der Waals surface area contributed by atoms with Crippen LogP contribution in [-0.4, -0.2) is 54.7 Å². The maximum atomic E-state index is 12.4. The van der Waals surface area contributed by atoms with Gasteiger partial charge in [-0.15, -0.1) is 11.8 Å². The number of amides is 2. The second-order valence-electron chi connectivity index (χ2n) is 5.45. The van der Waals surface area contributed by atoms with Crippen molar-refractivity contribution < 1.29 is 19.5 Å². The molecule has 1 aromatic heterocycles. The summed E-state index contributed by atoms with van der Waals surface area (Å²) in [4.78, 5) is 37.4. The lowest BCUT2D eigenvalue weighted by Gasteiger charge is -2.49. The van der Waals surface area contributed by atoms with Crippen molar-refractivity contribution in [3.05, 3.63) is 28.2 Å². The Morgan fingerprint density at radius 1 is 1.54 bits per heavy atom. The number of carboxylic acids is 1. The van der Waals surface area contributed by atoms with Crippen LogP contribution in [0.2, 0.25) is 5.02 Å². The van der Waals surface area contributed by atoms with Crippen molar-refractivity contribution in [2.75, 3.05) is 5.75 Å². The molecule has 8 nitrogen and oxygen atoms in total. The number of β-lactam (4-membered cyclic amide) rings is 1. The fraction of sp³-hybridized carbons (Fsp3) is 0.429. The monoisotopic (exact) mass is 370 g/mol. The second kappa shape index (κ2) is 6.14. The van der Waals surface area contributed by atoms with E-state index in [0.29, 0.717) is 17.9 Å². The summed E-state index contributed by atoms with van der Waals surface area (Å²) >= 11 is 7.41. The first-order valence-corrected chi connectivity index (χ1v) is 8.69. The maximum absolute atomic E-state index is 12.4. The molecule has 2 N–H and O–H groups in total. The number of aliphatic carboxylic acids is 1. The molecule has 1 saturated heterocycles. The Morgan fingerprint density at radius 3 is 2.88 bits per heavy atom. The van der Waals surface area contributed by atoms with Crippen molar-refractivity contribution in [2.45, 2.75) is 31.8 Å². The van der Waals surface area contributed by atoms with E-state index in [9.17, 15) is 19.5 Å². The molecule has 0 bridgehead atoms. The predicted molar refractivity (Wildman–Crippen MR) is 87.6 cm³/mol. The van der Waals surface area contributed by atoms with Gasteiger partial charge >= 0.3 is 5.97 Å². The Bertz CT molecular complexity index is 775. The van der Waals surface area contributed by atoms with Crippen LogP contribution >= 0.6 is 23.4 Å². The number of fused-ring (bicyclic) bond motifs is 1. The first-order chi connectivity index (χ1) is 11.4. The molecule has 2 aliphatic heterocycles. The highest BCUT2D eigenvalue weighted by Gasteiger charge is 2.53. The number of hydrogen-bond donors (Lipinski definition) is 2. The molecule has 0 aliphatic carbocycles. The highest BCUT2D eigenvalue weighted by atomic mass is 35.5. The molecule has 1 fully saturated rings. The molecule has 24 heavy (non-hydrogen) atoms. The van der Waals surface area contributed by atoms with Crippen LogP contribution in [0, 0.1) is 0 Å². The van der Waals surface area contributed by atoms with Gasteiger partial charge in [0, 0.05) is 12.3 Å². The average molecular weight is 371 g/mol. The van der Waals surface area contributed by atoms with Crippen LogP contribution in [0.25, 0.3) is 0 Å². The summed E-state index contributed by atoms with van der Waals surface area (Å²) in [5.74, 6) is -1.57. The molecule has 10 heteroatoms. The highest BCUT2D eigenvalue weighted by molar-refractivity contribution is 8.00. The summed E-state index contributed by atoms with van der Waals surface area (Å²) in [7, 11) is 0. The van der Waals surface area contributed by atoms with Crippen LogP contribution < -0.4 is 5.32 Å². The van der Waals surface area contributed by atoms with Gasteiger partial charge in [0.15, 0.2) is 0 Å². The van der Waals surface area contributed by atoms with Crippen molar-refractivity contribution in [2.24, 2.45) is 0 Å². The Morgan fingerprint density at radius 2 is 2.25 bits per heavy atom. The summed E-state index contributed by atoms with van der Waals surface area (Å²) in [5, 5.41) is 15.7. The molecule has 3 heterocycles. The van der Waals surface area contributed by atoms with E-state index in [1.165, 1.54) is 27.5 Å². The third-order valence-electron chi connectivity index (χ3n) is 3.96. The normalized spacial score (nSPS) is 23.0. The number of carboxylic acid groups (broad SMARTS) is 1. The standard InChI is InChI=1S/C14H15ClN4O4S/c1-3-18-10(7(15)4-16-18)11(20)17-8-12(21)19-9(14(22)23)6(2)5-24-13(8)19/h4,8,13H,3,5H2,1-2H3,(H,17,20)(H,22,23)/t8-,13+/m0/s1. The topological polar surface area (TPSA) is 105 Å². The molecule has 2 amide bonds. The van der Waals surface area contributed by atoms with Crippen molar-refractivity contribution in [3.8, 4) is 0 Å². The van der Waals surface area contributed by atoms with Gasteiger partial charge in [0.1, 0.15) is 22.8 Å². The Labute approximate surface area is 146 Å². The van der Waals surface area contributed by atoms with E-state index in [1.807, 2.05) is 6.92 Å². The fourth-order valence-corrected chi connectivity index (χ4v) is 4.33. The van der Waals surface area contributed by atoms with Crippen molar-refractivity contribution in [3.63, 3.8) is 0 Å². The minimum atomic E-state index is -1.14.